The molecule has 0 spiro atoms. The molecule has 0 fully saturated rings. The Balaban J connectivity index is 1.91. The summed E-state index contributed by atoms with van der Waals surface area (Å²) in [5.41, 5.74) is 0.938. The van der Waals surface area contributed by atoms with Crippen LogP contribution in [0.5, 0.6) is 0 Å². The highest BCUT2D eigenvalue weighted by atomic mass is 32.2. The molecule has 0 aromatic carbocycles. The third-order valence-corrected chi connectivity index (χ3v) is 3.72. The van der Waals surface area contributed by atoms with Crippen LogP contribution in [0.4, 0.5) is 5.82 Å². The van der Waals surface area contributed by atoms with Crippen LogP contribution in [-0.2, 0) is 12.8 Å². The molecular weight excluding hydrogens is 260 g/mol. The van der Waals surface area contributed by atoms with Crippen LogP contribution in [-0.4, -0.2) is 31.3 Å². The molecule has 1 N–H and O–H groups in total. The maximum Gasteiger partial charge on any atom is 0.191 e. The summed E-state index contributed by atoms with van der Waals surface area (Å²) >= 11 is 1.61. The van der Waals surface area contributed by atoms with Crippen molar-refractivity contribution < 1.29 is 0 Å². The SMILES string of the molecule is CCCNc1cnc(CSc2nnc(C)n2C)cn1. The summed E-state index contributed by atoms with van der Waals surface area (Å²) in [4.78, 5) is 8.71. The van der Waals surface area contributed by atoms with Crippen molar-refractivity contribution in [3.05, 3.63) is 23.9 Å². The Kier molecular flexibility index (Phi) is 4.73. The first kappa shape index (κ1) is 13.8. The maximum atomic E-state index is 4.38. The van der Waals surface area contributed by atoms with Crippen LogP contribution >= 0.6 is 11.8 Å². The van der Waals surface area contributed by atoms with Gasteiger partial charge in [0.25, 0.3) is 0 Å². The molecule has 0 bridgehead atoms. The summed E-state index contributed by atoms with van der Waals surface area (Å²) < 4.78 is 1.97. The molecule has 2 heterocycles. The lowest BCUT2D eigenvalue weighted by molar-refractivity contribution is 0.765. The van der Waals surface area contributed by atoms with Gasteiger partial charge in [-0.3, -0.25) is 4.98 Å². The molecule has 19 heavy (non-hydrogen) atoms. The van der Waals surface area contributed by atoms with E-state index in [2.05, 4.69) is 32.4 Å². The normalized spacial score (nSPS) is 10.7. The van der Waals surface area contributed by atoms with Crippen LogP contribution in [0.25, 0.3) is 0 Å². The Morgan fingerprint density at radius 1 is 1.26 bits per heavy atom. The van der Waals surface area contributed by atoms with Crippen molar-refractivity contribution in [3.8, 4) is 0 Å². The highest BCUT2D eigenvalue weighted by Gasteiger charge is 2.06. The van der Waals surface area contributed by atoms with Gasteiger partial charge in [-0.1, -0.05) is 18.7 Å². The molecule has 0 unspecified atom stereocenters. The van der Waals surface area contributed by atoms with Crippen molar-refractivity contribution in [2.75, 3.05) is 11.9 Å². The van der Waals surface area contributed by atoms with Gasteiger partial charge in [0.15, 0.2) is 5.16 Å². The largest absolute Gasteiger partial charge is 0.369 e. The molecule has 7 heteroatoms. The van der Waals surface area contributed by atoms with E-state index in [0.717, 1.165) is 41.2 Å². The van der Waals surface area contributed by atoms with E-state index in [1.165, 1.54) is 0 Å². The maximum absolute atomic E-state index is 4.38. The Morgan fingerprint density at radius 2 is 2.11 bits per heavy atom. The standard InChI is InChI=1S/C12H18N6S/c1-4-5-13-11-7-14-10(6-15-11)8-19-12-17-16-9(2)18(12)3/h6-7H,4-5,8H2,1-3H3,(H,13,15). The fourth-order valence-electron chi connectivity index (χ4n) is 1.43. The van der Waals surface area contributed by atoms with Gasteiger partial charge in [0.05, 0.1) is 18.1 Å². The monoisotopic (exact) mass is 278 g/mol. The fourth-order valence-corrected chi connectivity index (χ4v) is 2.28. The smallest absolute Gasteiger partial charge is 0.191 e. The second-order valence-electron chi connectivity index (χ2n) is 4.20. The van der Waals surface area contributed by atoms with Crippen LogP contribution in [0.3, 0.4) is 0 Å². The van der Waals surface area contributed by atoms with Gasteiger partial charge in [-0.25, -0.2) is 4.98 Å². The molecule has 0 aliphatic heterocycles. The predicted molar refractivity (Wildman–Crippen MR) is 76.1 cm³/mol. The van der Waals surface area contributed by atoms with Crippen LogP contribution in [0, 0.1) is 6.92 Å². The zero-order valence-corrected chi connectivity index (χ0v) is 12.2. The fraction of sp³-hybridized carbons (Fsp3) is 0.500. The van der Waals surface area contributed by atoms with Crippen molar-refractivity contribution in [1.29, 1.82) is 0 Å². The van der Waals surface area contributed by atoms with Gasteiger partial charge in [0.1, 0.15) is 11.6 Å². The minimum atomic E-state index is 0.743. The van der Waals surface area contributed by atoms with Crippen LogP contribution < -0.4 is 5.32 Å². The number of nitrogens with one attached hydrogen (secondary N) is 1. The molecule has 2 rings (SSSR count). The molecule has 0 amide bonds. The first-order valence-electron chi connectivity index (χ1n) is 6.24. The molecule has 0 saturated heterocycles. The van der Waals surface area contributed by atoms with Gasteiger partial charge < -0.3 is 9.88 Å². The van der Waals surface area contributed by atoms with E-state index in [9.17, 15) is 0 Å². The van der Waals surface area contributed by atoms with Crippen LogP contribution in [0.15, 0.2) is 17.6 Å². The van der Waals surface area contributed by atoms with Gasteiger partial charge >= 0.3 is 0 Å². The van der Waals surface area contributed by atoms with Crippen molar-refractivity contribution in [2.45, 2.75) is 31.2 Å². The molecule has 0 atom stereocenters. The van der Waals surface area contributed by atoms with E-state index in [-0.39, 0.29) is 0 Å². The number of thioether (sulfide) groups is 1. The van der Waals surface area contributed by atoms with Crippen LogP contribution in [0.2, 0.25) is 0 Å². The van der Waals surface area contributed by atoms with E-state index in [4.69, 9.17) is 0 Å². The highest BCUT2D eigenvalue weighted by Crippen LogP contribution is 2.19. The van der Waals surface area contributed by atoms with E-state index >= 15 is 0 Å². The van der Waals surface area contributed by atoms with E-state index in [1.54, 1.807) is 24.2 Å². The Morgan fingerprint density at radius 3 is 2.68 bits per heavy atom. The third kappa shape index (κ3) is 3.66. The molecule has 0 aliphatic carbocycles. The first-order valence-corrected chi connectivity index (χ1v) is 7.23. The molecular formula is C12H18N6S. The van der Waals surface area contributed by atoms with Crippen molar-refractivity contribution in [3.63, 3.8) is 0 Å². The average Bonchev–Trinajstić information content (AvgIpc) is 2.75. The van der Waals surface area contributed by atoms with Gasteiger partial charge in [0, 0.05) is 19.3 Å². The summed E-state index contributed by atoms with van der Waals surface area (Å²) in [5.74, 6) is 2.48. The molecule has 0 aliphatic rings. The lowest BCUT2D eigenvalue weighted by atomic mass is 10.4. The van der Waals surface area contributed by atoms with Crippen molar-refractivity contribution in [1.82, 2.24) is 24.7 Å². The second kappa shape index (κ2) is 6.51. The predicted octanol–water partition coefficient (Wildman–Crippen LogP) is 2.03. The van der Waals surface area contributed by atoms with Gasteiger partial charge in [-0.15, -0.1) is 10.2 Å². The summed E-state index contributed by atoms with van der Waals surface area (Å²) in [6, 6.07) is 0. The molecule has 6 nitrogen and oxygen atoms in total. The number of hydrogen-bond acceptors (Lipinski definition) is 6. The third-order valence-electron chi connectivity index (χ3n) is 2.66. The number of aromatic nitrogens is 5. The highest BCUT2D eigenvalue weighted by molar-refractivity contribution is 7.98. The summed E-state index contributed by atoms with van der Waals surface area (Å²) in [5, 5.41) is 12.2. The Bertz CT molecular complexity index is 522. The van der Waals surface area contributed by atoms with Gasteiger partial charge in [0.2, 0.25) is 0 Å². The molecule has 0 saturated carbocycles. The topological polar surface area (TPSA) is 68.5 Å². The average molecular weight is 278 g/mol. The van der Waals surface area contributed by atoms with Crippen molar-refractivity contribution in [2.24, 2.45) is 7.05 Å². The second-order valence-corrected chi connectivity index (χ2v) is 5.14. The number of aryl methyl sites for hydroxylation is 1. The van der Waals surface area contributed by atoms with Gasteiger partial charge in [-0.2, -0.15) is 0 Å². The van der Waals surface area contributed by atoms with Crippen molar-refractivity contribution >= 4 is 17.6 Å². The molecule has 102 valence electrons. The first-order chi connectivity index (χ1) is 9.20. The van der Waals surface area contributed by atoms with E-state index in [0.29, 0.717) is 0 Å². The minimum absolute atomic E-state index is 0.743. The number of anilines is 1. The quantitative estimate of drug-likeness (QED) is 0.815. The minimum Gasteiger partial charge on any atom is -0.369 e. The Labute approximate surface area is 117 Å². The molecule has 2 aromatic rings. The van der Waals surface area contributed by atoms with E-state index < -0.39 is 0 Å². The van der Waals surface area contributed by atoms with E-state index in [1.807, 2.05) is 18.5 Å². The summed E-state index contributed by atoms with van der Waals surface area (Å²) in [6.45, 7) is 4.97. The lowest BCUT2D eigenvalue weighted by Gasteiger charge is -2.04. The summed E-state index contributed by atoms with van der Waals surface area (Å²) in [6.07, 6.45) is 4.65. The zero-order valence-electron chi connectivity index (χ0n) is 11.4. The summed E-state index contributed by atoms with van der Waals surface area (Å²) in [7, 11) is 1.96. The zero-order chi connectivity index (χ0) is 13.7. The van der Waals surface area contributed by atoms with Crippen LogP contribution in [0.1, 0.15) is 24.9 Å². The Hall–Kier alpha value is -1.63. The van der Waals surface area contributed by atoms with Gasteiger partial charge in [-0.05, 0) is 13.3 Å². The number of nitrogens with zero attached hydrogens (tertiary/aromatic N) is 5. The number of rotatable bonds is 6. The number of hydrogen-bond donors (Lipinski definition) is 1. The molecule has 2 aromatic heterocycles. The molecule has 0 radical (unpaired) electrons. The lowest BCUT2D eigenvalue weighted by Crippen LogP contribution is -2.03.